The van der Waals surface area contributed by atoms with Crippen molar-refractivity contribution in [2.24, 2.45) is 0 Å². The van der Waals surface area contributed by atoms with Crippen LogP contribution >= 0.6 is 0 Å². The number of hydrogen-bond donors (Lipinski definition) is 0. The van der Waals surface area contributed by atoms with Crippen LogP contribution in [0, 0.1) is 5.95 Å². The number of halogens is 3. The molecule has 0 saturated heterocycles. The van der Waals surface area contributed by atoms with E-state index in [1.807, 2.05) is 0 Å². The molecule has 11 heavy (non-hydrogen) atoms. The van der Waals surface area contributed by atoms with Gasteiger partial charge in [-0.25, -0.2) is 0 Å². The molecule has 0 aliphatic heterocycles. The van der Waals surface area contributed by atoms with Gasteiger partial charge in [-0.2, -0.15) is 18.2 Å². The first-order valence-corrected chi connectivity index (χ1v) is 2.76. The molecule has 2 nitrogen and oxygen atoms in total. The number of nitrogens with zero attached hydrogens (tertiary/aromatic N) is 1. The van der Waals surface area contributed by atoms with E-state index >= 15 is 0 Å². The fourth-order valence-corrected chi connectivity index (χ4v) is 0.547. The van der Waals surface area contributed by atoms with E-state index in [4.69, 9.17) is 0 Å². The number of hydrogen-bond acceptors (Lipinski definition) is 2. The number of aromatic nitrogens is 1. The molecule has 0 aliphatic carbocycles. The zero-order chi connectivity index (χ0) is 8.27. The molecule has 0 fully saturated rings. The molecule has 0 saturated carbocycles. The Kier molecular flexibility index (Phi) is 2.30. The Morgan fingerprint density at radius 1 is 1.36 bits per heavy atom. The van der Waals surface area contributed by atoms with Gasteiger partial charge < -0.3 is 4.74 Å². The minimum Gasteiger partial charge on any atom is -0.417 e. The molecule has 0 N–H and O–H groups in total. The van der Waals surface area contributed by atoms with E-state index in [1.54, 1.807) is 0 Å². The van der Waals surface area contributed by atoms with Gasteiger partial charge in [0.15, 0.2) is 0 Å². The topological polar surface area (TPSA) is 22.1 Å². The van der Waals surface area contributed by atoms with Crippen LogP contribution in [0.2, 0.25) is 0 Å². The predicted octanol–water partition coefficient (Wildman–Crippen LogP) is 1.82. The molecule has 1 aromatic heterocycles. The summed E-state index contributed by atoms with van der Waals surface area (Å²) < 4.78 is 38.9. The number of pyridine rings is 1. The highest BCUT2D eigenvalue weighted by atomic mass is 19.3. The lowest BCUT2D eigenvalue weighted by molar-refractivity contribution is -0.0532. The highest BCUT2D eigenvalue weighted by Gasteiger charge is 2.04. The summed E-state index contributed by atoms with van der Waals surface area (Å²) in [7, 11) is 0. The Morgan fingerprint density at radius 2 is 2.09 bits per heavy atom. The fourth-order valence-electron chi connectivity index (χ4n) is 0.547. The summed E-state index contributed by atoms with van der Waals surface area (Å²) in [6.45, 7) is -2.97. The third kappa shape index (κ3) is 2.45. The lowest BCUT2D eigenvalue weighted by Crippen LogP contribution is -2.03. The zero-order valence-electron chi connectivity index (χ0n) is 5.30. The maximum absolute atomic E-state index is 12.2. The average Bonchev–Trinajstić information content (AvgIpc) is 1.85. The molecule has 0 atom stereocenters. The van der Waals surface area contributed by atoms with Crippen molar-refractivity contribution < 1.29 is 17.9 Å². The van der Waals surface area contributed by atoms with Crippen molar-refractivity contribution in [2.75, 3.05) is 0 Å². The van der Waals surface area contributed by atoms with Gasteiger partial charge >= 0.3 is 6.61 Å². The zero-order valence-corrected chi connectivity index (χ0v) is 5.30. The molecular weight excluding hydrogens is 159 g/mol. The van der Waals surface area contributed by atoms with E-state index in [2.05, 4.69) is 9.72 Å². The van der Waals surface area contributed by atoms with Crippen molar-refractivity contribution in [3.05, 3.63) is 24.1 Å². The first-order chi connectivity index (χ1) is 5.18. The van der Waals surface area contributed by atoms with Gasteiger partial charge in [0.25, 0.3) is 0 Å². The van der Waals surface area contributed by atoms with Crippen LogP contribution in [0.25, 0.3) is 0 Å². The molecule has 0 aliphatic rings. The van der Waals surface area contributed by atoms with Crippen LogP contribution in [0.3, 0.4) is 0 Å². The molecule has 1 heterocycles. The Morgan fingerprint density at radius 3 is 2.64 bits per heavy atom. The van der Waals surface area contributed by atoms with E-state index in [0.29, 0.717) is 0 Å². The third-order valence-corrected chi connectivity index (χ3v) is 0.899. The maximum Gasteiger partial charge on any atom is 0.388 e. The highest BCUT2D eigenvalue weighted by Crippen LogP contribution is 2.09. The summed E-state index contributed by atoms with van der Waals surface area (Å²) in [6, 6.07) is 3.42. The minimum atomic E-state index is -2.97. The van der Waals surface area contributed by atoms with E-state index in [9.17, 15) is 13.2 Å². The number of alkyl halides is 2. The molecule has 0 amide bonds. The van der Waals surface area contributed by atoms with E-state index in [0.717, 1.165) is 12.1 Å². The largest absolute Gasteiger partial charge is 0.417 e. The van der Waals surface area contributed by atoms with E-state index in [-0.39, 0.29) is 0 Å². The van der Waals surface area contributed by atoms with Gasteiger partial charge in [0, 0.05) is 6.07 Å². The average molecular weight is 163 g/mol. The fraction of sp³-hybridized carbons (Fsp3) is 0.167. The summed E-state index contributed by atoms with van der Waals surface area (Å²) in [5, 5.41) is 0. The van der Waals surface area contributed by atoms with Crippen LogP contribution in [-0.2, 0) is 0 Å². The summed E-state index contributed by atoms with van der Waals surface area (Å²) >= 11 is 0. The Balaban J connectivity index is 2.71. The van der Waals surface area contributed by atoms with E-state index < -0.39 is 18.4 Å². The van der Waals surface area contributed by atoms with Gasteiger partial charge in [0.2, 0.25) is 11.8 Å². The van der Waals surface area contributed by atoms with Gasteiger partial charge in [-0.1, -0.05) is 6.07 Å². The smallest absolute Gasteiger partial charge is 0.388 e. The first kappa shape index (κ1) is 7.84. The molecule has 60 valence electrons. The molecule has 0 spiro atoms. The molecule has 0 bridgehead atoms. The maximum atomic E-state index is 12.2. The van der Waals surface area contributed by atoms with Gasteiger partial charge in [-0.3, -0.25) is 0 Å². The summed E-state index contributed by atoms with van der Waals surface area (Å²) in [5.74, 6) is -1.26. The Bertz CT molecular complexity index is 241. The quantitative estimate of drug-likeness (QED) is 0.620. The van der Waals surface area contributed by atoms with Crippen molar-refractivity contribution in [1.29, 1.82) is 0 Å². The van der Waals surface area contributed by atoms with Gasteiger partial charge in [0.05, 0.1) is 0 Å². The van der Waals surface area contributed by atoms with Crippen LogP contribution in [0.4, 0.5) is 13.2 Å². The van der Waals surface area contributed by atoms with Gasteiger partial charge in [0.1, 0.15) is 0 Å². The van der Waals surface area contributed by atoms with Crippen molar-refractivity contribution in [3.63, 3.8) is 0 Å². The molecule has 0 radical (unpaired) electrons. The van der Waals surface area contributed by atoms with E-state index in [1.165, 1.54) is 6.07 Å². The molecule has 0 aromatic carbocycles. The normalized spacial score (nSPS) is 10.2. The van der Waals surface area contributed by atoms with Crippen LogP contribution in [0.5, 0.6) is 5.88 Å². The molecular formula is C6H4F3NO. The van der Waals surface area contributed by atoms with Crippen molar-refractivity contribution >= 4 is 0 Å². The van der Waals surface area contributed by atoms with Crippen molar-refractivity contribution in [1.82, 2.24) is 4.98 Å². The van der Waals surface area contributed by atoms with Crippen molar-refractivity contribution in [2.45, 2.75) is 6.61 Å². The van der Waals surface area contributed by atoms with Gasteiger partial charge in [-0.05, 0) is 6.07 Å². The van der Waals surface area contributed by atoms with Crippen LogP contribution in [-0.4, -0.2) is 11.6 Å². The molecule has 1 rings (SSSR count). The number of ether oxygens (including phenoxy) is 1. The summed E-state index contributed by atoms with van der Waals surface area (Å²) in [5.41, 5.74) is 0. The Labute approximate surface area is 60.6 Å². The predicted molar refractivity (Wildman–Crippen MR) is 30.8 cm³/mol. The molecule has 1 aromatic rings. The van der Waals surface area contributed by atoms with Crippen LogP contribution in [0.1, 0.15) is 0 Å². The summed E-state index contributed by atoms with van der Waals surface area (Å²) in [4.78, 5) is 3.04. The number of rotatable bonds is 2. The standard InChI is InChI=1S/C6H4F3NO/c7-4-2-1-3-5(10-4)11-6(8)9/h1-3,6H. The van der Waals surface area contributed by atoms with Crippen LogP contribution in [0.15, 0.2) is 18.2 Å². The summed E-state index contributed by atoms with van der Waals surface area (Å²) in [6.07, 6.45) is 0. The lowest BCUT2D eigenvalue weighted by Gasteiger charge is -2.00. The first-order valence-electron chi connectivity index (χ1n) is 2.76. The van der Waals surface area contributed by atoms with Crippen LogP contribution < -0.4 is 4.74 Å². The second-order valence-corrected chi connectivity index (χ2v) is 1.68. The lowest BCUT2D eigenvalue weighted by atomic mass is 10.5. The Hall–Kier alpha value is -1.26. The highest BCUT2D eigenvalue weighted by molar-refractivity contribution is 5.10. The minimum absolute atomic E-state index is 0.417. The molecule has 0 unspecified atom stereocenters. The van der Waals surface area contributed by atoms with Crippen molar-refractivity contribution in [3.8, 4) is 5.88 Å². The second-order valence-electron chi connectivity index (χ2n) is 1.68. The SMILES string of the molecule is Fc1cccc(OC(F)F)n1. The second kappa shape index (κ2) is 3.23. The molecule has 5 heteroatoms. The monoisotopic (exact) mass is 163 g/mol. The third-order valence-electron chi connectivity index (χ3n) is 0.899. The van der Waals surface area contributed by atoms with Gasteiger partial charge in [-0.15, -0.1) is 0 Å².